The predicted molar refractivity (Wildman–Crippen MR) is 64.6 cm³/mol. The Labute approximate surface area is 123 Å². The quantitative estimate of drug-likeness (QED) is 0.473. The van der Waals surface area contributed by atoms with Gasteiger partial charge in [0.25, 0.3) is 0 Å². The van der Waals surface area contributed by atoms with Crippen molar-refractivity contribution in [1.82, 2.24) is 5.16 Å². The number of rotatable bonds is 3. The van der Waals surface area contributed by atoms with Crippen LogP contribution in [-0.2, 0) is 11.7 Å². The van der Waals surface area contributed by atoms with E-state index in [4.69, 9.17) is 0 Å². The molecule has 0 atom stereocenters. The molecule has 0 amide bonds. The molecule has 1 heterocycles. The largest absolute Gasteiger partial charge is 0.417 e. The Kier molecular flexibility index (Phi) is 3.39. The van der Waals surface area contributed by atoms with Gasteiger partial charge >= 0.3 is 17.4 Å². The van der Waals surface area contributed by atoms with Crippen LogP contribution in [0.2, 0.25) is 0 Å². The molecule has 0 unspecified atom stereocenters. The summed E-state index contributed by atoms with van der Waals surface area (Å²) in [4.78, 5) is 19.3. The van der Waals surface area contributed by atoms with Crippen LogP contribution < -0.4 is 4.90 Å². The molecule has 10 nitrogen and oxygen atoms in total. The van der Waals surface area contributed by atoms with Crippen LogP contribution in [0.4, 0.5) is 18.9 Å². The third-order valence-electron chi connectivity index (χ3n) is 3.21. The molecular formula is C10H7F3N4O6. The van der Waals surface area contributed by atoms with Gasteiger partial charge in [0.15, 0.2) is 0 Å². The normalized spacial score (nSPS) is 12.6. The number of aromatic nitrogens is 2. The Hall–Kier alpha value is -2.99. The number of nitro groups is 2. The highest BCUT2D eigenvalue weighted by molar-refractivity contribution is 5.86. The van der Waals surface area contributed by atoms with Crippen molar-refractivity contribution in [3.05, 3.63) is 42.6 Å². The van der Waals surface area contributed by atoms with Crippen LogP contribution in [0.5, 0.6) is 0 Å². The van der Waals surface area contributed by atoms with Gasteiger partial charge in [-0.15, -0.1) is 0 Å². The number of benzene rings is 1. The fraction of sp³-hybridized carbons (Fsp3) is 0.400. The first-order valence-corrected chi connectivity index (χ1v) is 5.82. The molecule has 0 N–H and O–H groups in total. The zero-order valence-electron chi connectivity index (χ0n) is 11.4. The molecular weight excluding hydrogens is 329 g/mol. The van der Waals surface area contributed by atoms with Gasteiger partial charge in [-0.2, -0.15) is 13.2 Å². The molecule has 0 saturated carbocycles. The molecule has 2 rings (SSSR count). The van der Waals surface area contributed by atoms with Crippen LogP contribution in [0.25, 0.3) is 11.0 Å². The van der Waals surface area contributed by atoms with E-state index in [1.807, 2.05) is 0 Å². The van der Waals surface area contributed by atoms with E-state index in [1.165, 1.54) is 0 Å². The number of hydrogen-bond acceptors (Lipinski definition) is 7. The Balaban J connectivity index is 3.10. The molecule has 1 aromatic heterocycles. The smallest absolute Gasteiger partial charge is 0.359 e. The van der Waals surface area contributed by atoms with E-state index in [-0.39, 0.29) is 6.07 Å². The third kappa shape index (κ3) is 2.39. The van der Waals surface area contributed by atoms with Crippen molar-refractivity contribution in [3.63, 3.8) is 0 Å². The molecule has 13 heteroatoms. The number of alkyl halides is 3. The summed E-state index contributed by atoms with van der Waals surface area (Å²) in [6.45, 7) is 1.66. The summed E-state index contributed by atoms with van der Waals surface area (Å²) in [7, 11) is 0. The molecule has 124 valence electrons. The lowest BCUT2D eigenvalue weighted by Gasteiger charge is -2.20. The van der Waals surface area contributed by atoms with Crippen molar-refractivity contribution in [3.8, 4) is 0 Å². The number of nitro benzene ring substituents is 1. The van der Waals surface area contributed by atoms with Crippen LogP contribution in [0, 0.1) is 25.4 Å². The minimum Gasteiger partial charge on any atom is -0.359 e. The highest BCUT2D eigenvalue weighted by atomic mass is 19.4. The number of non-ortho nitro benzene ring substituents is 1. The zero-order valence-corrected chi connectivity index (χ0v) is 11.4. The van der Waals surface area contributed by atoms with Crippen molar-refractivity contribution in [1.29, 1.82) is 0 Å². The maximum absolute atomic E-state index is 13.2. The summed E-state index contributed by atoms with van der Waals surface area (Å²) in [6.07, 6.45) is -5.17. The molecule has 0 radical (unpaired) electrons. The van der Waals surface area contributed by atoms with E-state index in [2.05, 4.69) is 9.79 Å². The Morgan fingerprint density at radius 3 is 2.26 bits per heavy atom. The summed E-state index contributed by atoms with van der Waals surface area (Å²) in [6, 6.07) is 0.103. The number of fused-ring (bicyclic) bond motifs is 1. The fourth-order valence-electron chi connectivity index (χ4n) is 2.10. The first-order valence-electron chi connectivity index (χ1n) is 5.82. The standard InChI is InChI=1S/C10H7F3N4O6/c1-9(2,17(21)22)6-4(10(11,12)13)3-5(15(18)19)7-8(6)16(20)23-14-7/h3H,1-2H3. The number of halogens is 3. The summed E-state index contributed by atoms with van der Waals surface area (Å²) >= 11 is 0. The van der Waals surface area contributed by atoms with Crippen molar-refractivity contribution >= 4 is 16.7 Å². The van der Waals surface area contributed by atoms with Gasteiger partial charge in [0.2, 0.25) is 11.1 Å². The lowest BCUT2D eigenvalue weighted by Crippen LogP contribution is -2.35. The molecule has 0 spiro atoms. The second kappa shape index (κ2) is 4.76. The average molecular weight is 336 g/mol. The minimum atomic E-state index is -5.17. The monoisotopic (exact) mass is 336 g/mol. The molecule has 0 aliphatic rings. The second-order valence-corrected chi connectivity index (χ2v) is 5.02. The maximum Gasteiger partial charge on any atom is 0.417 e. The first kappa shape index (κ1) is 16.4. The van der Waals surface area contributed by atoms with Gasteiger partial charge in [-0.25, -0.2) is 0 Å². The van der Waals surface area contributed by atoms with Gasteiger partial charge in [-0.1, -0.05) is 0 Å². The SMILES string of the molecule is CC(C)(c1c(C(F)(F)F)cc([N+](=O)[O-])c2no[n+]([O-])c12)[N+](=O)[O-]. The summed E-state index contributed by atoms with van der Waals surface area (Å²) in [5, 5.41) is 36.7. The Morgan fingerprint density at radius 1 is 1.26 bits per heavy atom. The summed E-state index contributed by atoms with van der Waals surface area (Å²) < 4.78 is 43.8. The summed E-state index contributed by atoms with van der Waals surface area (Å²) in [5.41, 5.74) is -8.07. The Morgan fingerprint density at radius 2 is 1.83 bits per heavy atom. The van der Waals surface area contributed by atoms with E-state index < -0.39 is 54.3 Å². The van der Waals surface area contributed by atoms with Crippen molar-refractivity contribution in [2.24, 2.45) is 0 Å². The topological polar surface area (TPSA) is 139 Å². The fourth-order valence-corrected chi connectivity index (χ4v) is 2.10. The van der Waals surface area contributed by atoms with Gasteiger partial charge in [-0.3, -0.25) is 24.9 Å². The van der Waals surface area contributed by atoms with Crippen LogP contribution >= 0.6 is 0 Å². The van der Waals surface area contributed by atoms with Crippen molar-refractivity contribution in [2.45, 2.75) is 25.6 Å². The van der Waals surface area contributed by atoms with Gasteiger partial charge in [0, 0.05) is 24.8 Å². The Bertz CT molecular complexity index is 828. The highest BCUT2D eigenvalue weighted by Crippen LogP contribution is 2.43. The molecule has 1 aromatic carbocycles. The van der Waals surface area contributed by atoms with E-state index in [1.54, 1.807) is 0 Å². The van der Waals surface area contributed by atoms with Crippen LogP contribution in [0.1, 0.15) is 25.0 Å². The summed E-state index contributed by atoms with van der Waals surface area (Å²) in [5.74, 6) is 0. The molecule has 0 aliphatic carbocycles. The lowest BCUT2D eigenvalue weighted by atomic mass is 9.88. The second-order valence-electron chi connectivity index (χ2n) is 5.02. The minimum absolute atomic E-state index is 0.103. The van der Waals surface area contributed by atoms with Gasteiger partial charge < -0.3 is 5.21 Å². The van der Waals surface area contributed by atoms with Gasteiger partial charge in [0.1, 0.15) is 0 Å². The van der Waals surface area contributed by atoms with Crippen molar-refractivity contribution in [2.75, 3.05) is 0 Å². The predicted octanol–water partition coefficient (Wildman–Crippen LogP) is 1.90. The van der Waals surface area contributed by atoms with E-state index in [0.29, 0.717) is 0 Å². The molecule has 0 aliphatic heterocycles. The van der Waals surface area contributed by atoms with Crippen LogP contribution in [0.15, 0.2) is 10.7 Å². The van der Waals surface area contributed by atoms with Crippen LogP contribution in [0.3, 0.4) is 0 Å². The van der Waals surface area contributed by atoms with E-state index in [9.17, 15) is 38.6 Å². The number of hydrogen-bond donors (Lipinski definition) is 0. The highest BCUT2D eigenvalue weighted by Gasteiger charge is 2.50. The average Bonchev–Trinajstić information content (AvgIpc) is 2.77. The van der Waals surface area contributed by atoms with Crippen LogP contribution in [-0.4, -0.2) is 15.0 Å². The lowest BCUT2D eigenvalue weighted by molar-refractivity contribution is -0.782. The molecule has 0 saturated heterocycles. The zero-order chi connectivity index (χ0) is 17.7. The number of nitrogens with zero attached hydrogens (tertiary/aromatic N) is 4. The molecule has 2 aromatic rings. The van der Waals surface area contributed by atoms with E-state index >= 15 is 0 Å². The van der Waals surface area contributed by atoms with Gasteiger partial charge in [-0.05, 0) is 4.90 Å². The van der Waals surface area contributed by atoms with Crippen molar-refractivity contribution < 1.29 is 32.5 Å². The van der Waals surface area contributed by atoms with Gasteiger partial charge in [0.05, 0.1) is 21.2 Å². The molecule has 23 heavy (non-hydrogen) atoms. The third-order valence-corrected chi connectivity index (χ3v) is 3.21. The first-order chi connectivity index (χ1) is 10.4. The molecule has 0 fully saturated rings. The maximum atomic E-state index is 13.2. The molecule has 0 bridgehead atoms. The van der Waals surface area contributed by atoms with E-state index in [0.717, 1.165) is 13.8 Å².